The molecule has 0 spiro atoms. The third kappa shape index (κ3) is 1.67. The summed E-state index contributed by atoms with van der Waals surface area (Å²) in [6, 6.07) is 0. The van der Waals surface area contributed by atoms with Crippen LogP contribution in [0.1, 0.15) is 19.8 Å². The molecule has 0 saturated heterocycles. The molecule has 1 rings (SSSR count). The molecule has 1 aliphatic rings. The fourth-order valence-corrected chi connectivity index (χ4v) is 1.15. The number of amides is 1. The van der Waals surface area contributed by atoms with Crippen molar-refractivity contribution in [2.45, 2.75) is 19.8 Å². The average molecular weight is 153 g/mol. The number of carbonyl (C=O) groups excluding carboxylic acids is 2. The molecule has 0 atom stereocenters. The first-order valence-electron chi connectivity index (χ1n) is 3.66. The molecule has 3 nitrogen and oxygen atoms in total. The van der Waals surface area contributed by atoms with E-state index in [1.165, 1.54) is 0 Å². The van der Waals surface area contributed by atoms with E-state index in [-0.39, 0.29) is 5.91 Å². The summed E-state index contributed by atoms with van der Waals surface area (Å²) in [5.41, 5.74) is 1.86. The largest absolute Gasteiger partial charge is 0.349 e. The molecule has 0 aliphatic carbocycles. The average Bonchev–Trinajstić information content (AvgIpc) is 2.29. The molecule has 1 aliphatic heterocycles. The summed E-state index contributed by atoms with van der Waals surface area (Å²) in [5, 5.41) is 2.70. The van der Waals surface area contributed by atoms with Crippen molar-refractivity contribution in [3.63, 3.8) is 0 Å². The summed E-state index contributed by atoms with van der Waals surface area (Å²) in [4.78, 5) is 21.0. The molecule has 0 aromatic heterocycles. The van der Waals surface area contributed by atoms with Gasteiger partial charge in [-0.2, -0.15) is 0 Å². The Morgan fingerprint density at radius 2 is 2.36 bits per heavy atom. The molecular formula is C8H11NO2. The fraction of sp³-hybridized carbons (Fsp3) is 0.500. The van der Waals surface area contributed by atoms with Crippen LogP contribution in [0, 0.1) is 0 Å². The van der Waals surface area contributed by atoms with Crippen LogP contribution < -0.4 is 5.32 Å². The summed E-state index contributed by atoms with van der Waals surface area (Å²) >= 11 is 0. The highest BCUT2D eigenvalue weighted by molar-refractivity contribution is 5.97. The van der Waals surface area contributed by atoms with Crippen molar-refractivity contribution in [1.29, 1.82) is 0 Å². The summed E-state index contributed by atoms with van der Waals surface area (Å²) in [6.45, 7) is 2.56. The number of aldehydes is 1. The van der Waals surface area contributed by atoms with Gasteiger partial charge in [0.2, 0.25) is 5.91 Å². The van der Waals surface area contributed by atoms with Crippen molar-refractivity contribution in [2.24, 2.45) is 0 Å². The molecule has 1 heterocycles. The molecule has 0 bridgehead atoms. The molecule has 0 aromatic carbocycles. The van der Waals surface area contributed by atoms with E-state index in [0.717, 1.165) is 17.4 Å². The minimum absolute atomic E-state index is 0.00986. The van der Waals surface area contributed by atoms with Gasteiger partial charge in [-0.3, -0.25) is 4.79 Å². The molecule has 0 radical (unpaired) electrons. The number of rotatable bonds is 3. The lowest BCUT2D eigenvalue weighted by Gasteiger charge is -1.95. The van der Waals surface area contributed by atoms with Gasteiger partial charge >= 0.3 is 0 Å². The van der Waals surface area contributed by atoms with Crippen LogP contribution in [-0.4, -0.2) is 18.7 Å². The van der Waals surface area contributed by atoms with E-state index in [1.807, 2.05) is 6.92 Å². The molecule has 0 fully saturated rings. The highest BCUT2D eigenvalue weighted by Gasteiger charge is 2.17. The van der Waals surface area contributed by atoms with Crippen molar-refractivity contribution >= 4 is 12.2 Å². The molecule has 0 saturated carbocycles. The maximum absolute atomic E-state index is 11.0. The van der Waals surface area contributed by atoms with Gasteiger partial charge in [0.15, 0.2) is 0 Å². The van der Waals surface area contributed by atoms with E-state index in [1.54, 1.807) is 0 Å². The third-order valence-electron chi connectivity index (χ3n) is 1.82. The topological polar surface area (TPSA) is 46.2 Å². The summed E-state index contributed by atoms with van der Waals surface area (Å²) in [7, 11) is 0. The molecule has 60 valence electrons. The molecule has 1 N–H and O–H groups in total. The molecular weight excluding hydrogens is 142 g/mol. The molecule has 0 unspecified atom stereocenters. The number of hydrogen-bond donors (Lipinski definition) is 1. The van der Waals surface area contributed by atoms with Gasteiger partial charge in [-0.15, -0.1) is 0 Å². The normalized spacial score (nSPS) is 17.0. The maximum Gasteiger partial charge on any atom is 0.247 e. The van der Waals surface area contributed by atoms with Crippen LogP contribution in [0.25, 0.3) is 0 Å². The van der Waals surface area contributed by atoms with Gasteiger partial charge in [0, 0.05) is 18.5 Å². The quantitative estimate of drug-likeness (QED) is 0.597. The van der Waals surface area contributed by atoms with Crippen molar-refractivity contribution in [3.8, 4) is 0 Å². The molecule has 3 heteroatoms. The SMILES string of the molecule is CC1=C(CCC=O)C(=O)NC1. The Morgan fingerprint density at radius 3 is 2.82 bits per heavy atom. The second kappa shape index (κ2) is 3.32. The molecule has 11 heavy (non-hydrogen) atoms. The van der Waals surface area contributed by atoms with Crippen LogP contribution in [0.15, 0.2) is 11.1 Å². The monoisotopic (exact) mass is 153 g/mol. The van der Waals surface area contributed by atoms with Crippen LogP contribution >= 0.6 is 0 Å². The van der Waals surface area contributed by atoms with Crippen LogP contribution in [0.3, 0.4) is 0 Å². The van der Waals surface area contributed by atoms with E-state index >= 15 is 0 Å². The smallest absolute Gasteiger partial charge is 0.247 e. The Hall–Kier alpha value is -1.12. The van der Waals surface area contributed by atoms with Gasteiger partial charge in [-0.1, -0.05) is 0 Å². The summed E-state index contributed by atoms with van der Waals surface area (Å²) in [5.74, 6) is -0.00986. The number of hydrogen-bond acceptors (Lipinski definition) is 2. The maximum atomic E-state index is 11.0. The minimum atomic E-state index is -0.00986. The van der Waals surface area contributed by atoms with Crippen LogP contribution in [0.4, 0.5) is 0 Å². The lowest BCUT2D eigenvalue weighted by molar-refractivity contribution is -0.116. The second-order valence-electron chi connectivity index (χ2n) is 2.65. The van der Waals surface area contributed by atoms with Crippen molar-refractivity contribution in [3.05, 3.63) is 11.1 Å². The Morgan fingerprint density at radius 1 is 1.64 bits per heavy atom. The van der Waals surface area contributed by atoms with Gasteiger partial charge in [0.1, 0.15) is 6.29 Å². The van der Waals surface area contributed by atoms with Crippen LogP contribution in [0.2, 0.25) is 0 Å². The lowest BCUT2D eigenvalue weighted by Crippen LogP contribution is -2.17. The number of carbonyl (C=O) groups is 2. The van der Waals surface area contributed by atoms with Gasteiger partial charge < -0.3 is 10.1 Å². The van der Waals surface area contributed by atoms with Crippen molar-refractivity contribution in [1.82, 2.24) is 5.32 Å². The van der Waals surface area contributed by atoms with Gasteiger partial charge in [-0.05, 0) is 18.9 Å². The van der Waals surface area contributed by atoms with E-state index in [2.05, 4.69) is 5.32 Å². The van der Waals surface area contributed by atoms with E-state index < -0.39 is 0 Å². The Kier molecular flexibility index (Phi) is 2.41. The highest BCUT2D eigenvalue weighted by atomic mass is 16.2. The zero-order valence-electron chi connectivity index (χ0n) is 6.52. The predicted octanol–water partition coefficient (Wildman–Crippen LogP) is 0.412. The van der Waals surface area contributed by atoms with E-state index in [0.29, 0.717) is 19.4 Å². The minimum Gasteiger partial charge on any atom is -0.349 e. The predicted molar refractivity (Wildman–Crippen MR) is 41.0 cm³/mol. The van der Waals surface area contributed by atoms with Gasteiger partial charge in [-0.25, -0.2) is 0 Å². The lowest BCUT2D eigenvalue weighted by atomic mass is 10.1. The standard InChI is InChI=1S/C8H11NO2/c1-6-5-9-8(11)7(6)3-2-4-10/h4H,2-3,5H2,1H3,(H,9,11). The number of nitrogens with one attached hydrogen (secondary N) is 1. The van der Waals surface area contributed by atoms with Crippen molar-refractivity contribution in [2.75, 3.05) is 6.54 Å². The Bertz CT molecular complexity index is 218. The molecule has 0 aromatic rings. The summed E-state index contributed by atoms with van der Waals surface area (Å²) < 4.78 is 0. The van der Waals surface area contributed by atoms with Crippen LogP contribution in [-0.2, 0) is 9.59 Å². The van der Waals surface area contributed by atoms with E-state index in [9.17, 15) is 9.59 Å². The van der Waals surface area contributed by atoms with Crippen LogP contribution in [0.5, 0.6) is 0 Å². The zero-order chi connectivity index (χ0) is 8.27. The third-order valence-corrected chi connectivity index (χ3v) is 1.82. The first kappa shape index (κ1) is 7.98. The highest BCUT2D eigenvalue weighted by Crippen LogP contribution is 2.14. The van der Waals surface area contributed by atoms with E-state index in [4.69, 9.17) is 0 Å². The van der Waals surface area contributed by atoms with Gasteiger partial charge in [0.05, 0.1) is 0 Å². The summed E-state index contributed by atoms with van der Waals surface area (Å²) in [6.07, 6.45) is 1.87. The Balaban J connectivity index is 2.59. The zero-order valence-corrected chi connectivity index (χ0v) is 6.52. The molecule has 1 amide bonds. The van der Waals surface area contributed by atoms with Gasteiger partial charge in [0.25, 0.3) is 0 Å². The second-order valence-corrected chi connectivity index (χ2v) is 2.65. The Labute approximate surface area is 65.5 Å². The first-order valence-corrected chi connectivity index (χ1v) is 3.66. The fourth-order valence-electron chi connectivity index (χ4n) is 1.15. The first-order chi connectivity index (χ1) is 5.25. The van der Waals surface area contributed by atoms with Crippen molar-refractivity contribution < 1.29 is 9.59 Å².